The molecule has 1 unspecified atom stereocenters. The van der Waals surface area contributed by atoms with Crippen molar-refractivity contribution in [3.05, 3.63) is 59.3 Å². The maximum Gasteiger partial charge on any atom is 0.254 e. The Morgan fingerprint density at radius 2 is 1.89 bits per heavy atom. The third-order valence-corrected chi connectivity index (χ3v) is 7.65. The molecule has 1 amide bonds. The standard InChI is InChI=1S/C27H31FN6O2/c1-17-13-18(2)31-27(30-17)33-15-19-9-11-32(16-24(19)33)26(35)22-14-20(28)6-7-21(22)23-8-10-29-34(23)25-5-3-4-12-36-25/h6-8,10,13-14,19,24-25H,3-5,9,11-12,15-16H2,1-2H3/t19-,24-,25?/m0/s1. The molecule has 0 N–H and O–H groups in total. The molecule has 8 nitrogen and oxygen atoms in total. The second-order valence-electron chi connectivity index (χ2n) is 10.1. The Morgan fingerprint density at radius 1 is 1.06 bits per heavy atom. The van der Waals surface area contributed by atoms with Crippen molar-refractivity contribution in [2.24, 2.45) is 5.92 Å². The number of amides is 1. The van der Waals surface area contributed by atoms with E-state index < -0.39 is 5.82 Å². The zero-order chi connectivity index (χ0) is 24.8. The van der Waals surface area contributed by atoms with Crippen LogP contribution in [0.15, 0.2) is 36.5 Å². The first kappa shape index (κ1) is 23.1. The fraction of sp³-hybridized carbons (Fsp3) is 0.481. The van der Waals surface area contributed by atoms with Gasteiger partial charge in [-0.3, -0.25) is 4.79 Å². The summed E-state index contributed by atoms with van der Waals surface area (Å²) < 4.78 is 22.2. The first-order valence-corrected chi connectivity index (χ1v) is 12.8. The lowest BCUT2D eigenvalue weighted by atomic mass is 9.82. The highest BCUT2D eigenvalue weighted by Gasteiger charge is 2.45. The van der Waals surface area contributed by atoms with Gasteiger partial charge in [-0.05, 0) is 69.9 Å². The van der Waals surface area contributed by atoms with Crippen LogP contribution in [0.3, 0.4) is 0 Å². The summed E-state index contributed by atoms with van der Waals surface area (Å²) in [5.41, 5.74) is 3.69. The number of rotatable bonds is 4. The van der Waals surface area contributed by atoms with Crippen LogP contribution in [0.4, 0.5) is 10.3 Å². The molecule has 188 valence electrons. The smallest absolute Gasteiger partial charge is 0.254 e. The Balaban J connectivity index is 1.27. The van der Waals surface area contributed by atoms with Crippen LogP contribution in [0.25, 0.3) is 11.3 Å². The van der Waals surface area contributed by atoms with Gasteiger partial charge in [0.15, 0.2) is 6.23 Å². The average molecular weight is 491 g/mol. The number of piperidine rings is 1. The van der Waals surface area contributed by atoms with Crippen molar-refractivity contribution >= 4 is 11.9 Å². The minimum absolute atomic E-state index is 0.159. The number of aromatic nitrogens is 4. The van der Waals surface area contributed by atoms with E-state index >= 15 is 0 Å². The zero-order valence-electron chi connectivity index (χ0n) is 20.7. The zero-order valence-corrected chi connectivity index (χ0v) is 20.7. The molecule has 3 aliphatic heterocycles. The van der Waals surface area contributed by atoms with Gasteiger partial charge in [0.2, 0.25) is 5.95 Å². The number of carbonyl (C=O) groups excluding carboxylic acids is 1. The van der Waals surface area contributed by atoms with Gasteiger partial charge in [-0.2, -0.15) is 5.10 Å². The van der Waals surface area contributed by atoms with Crippen molar-refractivity contribution in [3.63, 3.8) is 0 Å². The summed E-state index contributed by atoms with van der Waals surface area (Å²) in [5, 5.41) is 4.49. The van der Waals surface area contributed by atoms with Crippen LogP contribution in [0.2, 0.25) is 0 Å². The van der Waals surface area contributed by atoms with E-state index in [1.54, 1.807) is 12.3 Å². The Morgan fingerprint density at radius 3 is 2.67 bits per heavy atom. The molecule has 0 spiro atoms. The van der Waals surface area contributed by atoms with Crippen molar-refractivity contribution in [2.45, 2.75) is 51.8 Å². The van der Waals surface area contributed by atoms with Crippen LogP contribution in [-0.2, 0) is 4.74 Å². The van der Waals surface area contributed by atoms with E-state index in [0.29, 0.717) is 36.7 Å². The number of hydrogen-bond donors (Lipinski definition) is 0. The lowest BCUT2D eigenvalue weighted by Gasteiger charge is -2.53. The highest BCUT2D eigenvalue weighted by Crippen LogP contribution is 2.37. The average Bonchev–Trinajstić information content (AvgIpc) is 3.34. The number of fused-ring (bicyclic) bond motifs is 1. The van der Waals surface area contributed by atoms with E-state index in [1.807, 2.05) is 35.6 Å². The number of benzene rings is 1. The quantitative estimate of drug-likeness (QED) is 0.547. The van der Waals surface area contributed by atoms with Gasteiger partial charge in [-0.25, -0.2) is 19.0 Å². The first-order valence-electron chi connectivity index (χ1n) is 12.8. The number of carbonyl (C=O) groups is 1. The van der Waals surface area contributed by atoms with E-state index in [4.69, 9.17) is 4.74 Å². The molecule has 6 rings (SSSR count). The van der Waals surface area contributed by atoms with Crippen molar-refractivity contribution in [1.82, 2.24) is 24.6 Å². The fourth-order valence-corrected chi connectivity index (χ4v) is 5.81. The molecule has 3 fully saturated rings. The maximum absolute atomic E-state index is 14.4. The number of likely N-dealkylation sites (tertiary alicyclic amines) is 1. The molecular weight excluding hydrogens is 459 g/mol. The summed E-state index contributed by atoms with van der Waals surface area (Å²) in [7, 11) is 0. The molecule has 0 radical (unpaired) electrons. The van der Waals surface area contributed by atoms with E-state index in [2.05, 4.69) is 20.0 Å². The van der Waals surface area contributed by atoms with Crippen LogP contribution in [0, 0.1) is 25.6 Å². The van der Waals surface area contributed by atoms with Gasteiger partial charge in [0, 0.05) is 55.3 Å². The highest BCUT2D eigenvalue weighted by atomic mass is 19.1. The Labute approximate surface area is 210 Å². The molecule has 0 bridgehead atoms. The monoisotopic (exact) mass is 490 g/mol. The van der Waals surface area contributed by atoms with Gasteiger partial charge in [0.05, 0.1) is 17.3 Å². The van der Waals surface area contributed by atoms with Crippen molar-refractivity contribution in [1.29, 1.82) is 0 Å². The van der Waals surface area contributed by atoms with Gasteiger partial charge < -0.3 is 14.5 Å². The van der Waals surface area contributed by atoms with Gasteiger partial charge >= 0.3 is 0 Å². The molecule has 3 saturated heterocycles. The van der Waals surface area contributed by atoms with Gasteiger partial charge in [-0.1, -0.05) is 0 Å². The SMILES string of the molecule is Cc1cc(C)nc(N2C[C@@H]3CCN(C(=O)c4cc(F)ccc4-c4ccnn4C4CCCCO4)C[C@@H]32)n1. The van der Waals surface area contributed by atoms with Crippen LogP contribution < -0.4 is 4.90 Å². The molecule has 3 aromatic rings. The van der Waals surface area contributed by atoms with Crippen LogP contribution >= 0.6 is 0 Å². The summed E-state index contributed by atoms with van der Waals surface area (Å²) >= 11 is 0. The summed E-state index contributed by atoms with van der Waals surface area (Å²) in [4.78, 5) is 27.1. The van der Waals surface area contributed by atoms with Crippen molar-refractivity contribution in [3.8, 4) is 11.3 Å². The largest absolute Gasteiger partial charge is 0.356 e. The molecule has 1 aromatic carbocycles. The minimum Gasteiger partial charge on any atom is -0.356 e. The Bertz CT molecular complexity index is 1270. The Kier molecular flexibility index (Phi) is 5.95. The van der Waals surface area contributed by atoms with E-state index in [0.717, 1.165) is 55.3 Å². The summed E-state index contributed by atoms with van der Waals surface area (Å²) in [6.45, 7) is 6.77. The molecular formula is C27H31FN6O2. The van der Waals surface area contributed by atoms with Crippen molar-refractivity contribution < 1.29 is 13.9 Å². The Hall–Kier alpha value is -3.33. The minimum atomic E-state index is -0.425. The normalized spacial score (nSPS) is 23.8. The van der Waals surface area contributed by atoms with Gasteiger partial charge in [-0.15, -0.1) is 0 Å². The lowest BCUT2D eigenvalue weighted by molar-refractivity contribution is -0.0383. The third kappa shape index (κ3) is 4.15. The van der Waals surface area contributed by atoms with E-state index in [1.165, 1.54) is 12.1 Å². The predicted molar refractivity (Wildman–Crippen MR) is 133 cm³/mol. The van der Waals surface area contributed by atoms with Crippen LogP contribution in [0.1, 0.15) is 53.7 Å². The number of hydrogen-bond acceptors (Lipinski definition) is 6. The number of anilines is 1. The second kappa shape index (κ2) is 9.28. The highest BCUT2D eigenvalue weighted by molar-refractivity contribution is 6.00. The number of nitrogens with zero attached hydrogens (tertiary/aromatic N) is 6. The van der Waals surface area contributed by atoms with Gasteiger partial charge in [0.1, 0.15) is 5.82 Å². The molecule has 0 aliphatic carbocycles. The van der Waals surface area contributed by atoms with Crippen LogP contribution in [0.5, 0.6) is 0 Å². The second-order valence-corrected chi connectivity index (χ2v) is 10.1. The molecule has 3 atom stereocenters. The predicted octanol–water partition coefficient (Wildman–Crippen LogP) is 4.15. The maximum atomic E-state index is 14.4. The number of ether oxygens (including phenoxy) is 1. The molecule has 3 aliphatic rings. The number of aryl methyl sites for hydroxylation is 2. The van der Waals surface area contributed by atoms with Crippen LogP contribution in [-0.4, -0.2) is 62.8 Å². The molecule has 0 saturated carbocycles. The summed E-state index contributed by atoms with van der Waals surface area (Å²) in [5.74, 6) is 0.653. The van der Waals surface area contributed by atoms with E-state index in [-0.39, 0.29) is 18.2 Å². The number of halogens is 1. The fourth-order valence-electron chi connectivity index (χ4n) is 5.81. The summed E-state index contributed by atoms with van der Waals surface area (Å²) in [6.07, 6.45) is 5.42. The molecule has 36 heavy (non-hydrogen) atoms. The molecule has 5 heterocycles. The lowest BCUT2D eigenvalue weighted by Crippen LogP contribution is -2.65. The molecule has 2 aromatic heterocycles. The van der Waals surface area contributed by atoms with E-state index in [9.17, 15) is 9.18 Å². The van der Waals surface area contributed by atoms with Crippen molar-refractivity contribution in [2.75, 3.05) is 31.1 Å². The topological polar surface area (TPSA) is 76.4 Å². The summed E-state index contributed by atoms with van der Waals surface area (Å²) in [6, 6.07) is 8.45. The first-order chi connectivity index (χ1) is 17.5. The molecule has 9 heteroatoms. The van der Waals surface area contributed by atoms with Gasteiger partial charge in [0.25, 0.3) is 5.91 Å². The third-order valence-electron chi connectivity index (χ3n) is 7.65.